The van der Waals surface area contributed by atoms with Gasteiger partial charge in [-0.25, -0.2) is 11.6 Å². The molecule has 1 N–H and O–H groups in total. The molecule has 0 bridgehead atoms. The summed E-state index contributed by atoms with van der Waals surface area (Å²) in [6.07, 6.45) is 8.33. The third-order valence-corrected chi connectivity index (χ3v) is 2.79. The Kier molecular flexibility index (Phi) is 12.7. The summed E-state index contributed by atoms with van der Waals surface area (Å²) in [5.41, 5.74) is 3.68. The van der Waals surface area contributed by atoms with Gasteiger partial charge in [0.1, 0.15) is 5.75 Å². The van der Waals surface area contributed by atoms with E-state index in [1.165, 1.54) is 14.9 Å². The fourth-order valence-electron chi connectivity index (χ4n) is 1.71. The monoisotopic (exact) mass is 369 g/mol. The van der Waals surface area contributed by atoms with Crippen LogP contribution >= 0.6 is 12.4 Å². The van der Waals surface area contributed by atoms with Gasteiger partial charge >= 0.3 is 37.6 Å². The molecular formula is C20H30ClOTi. The van der Waals surface area contributed by atoms with E-state index in [4.69, 9.17) is 0 Å². The van der Waals surface area contributed by atoms with Crippen LogP contribution in [0.1, 0.15) is 59.1 Å². The third kappa shape index (κ3) is 13.5. The van der Waals surface area contributed by atoms with Crippen molar-refractivity contribution in [2.45, 2.75) is 60.3 Å². The summed E-state index contributed by atoms with van der Waals surface area (Å²) in [5, 5.41) is 9.36. The molecule has 0 saturated carbocycles. The summed E-state index contributed by atoms with van der Waals surface area (Å²) in [6.45, 7) is 14.6. The van der Waals surface area contributed by atoms with Crippen LogP contribution in [-0.4, -0.2) is 8.92 Å². The van der Waals surface area contributed by atoms with Crippen LogP contribution in [0.5, 0.6) is 5.75 Å². The Morgan fingerprint density at radius 1 is 1.13 bits per heavy atom. The van der Waals surface area contributed by atoms with E-state index in [0.717, 1.165) is 12.0 Å². The van der Waals surface area contributed by atoms with Crippen molar-refractivity contribution in [3.63, 3.8) is 0 Å². The van der Waals surface area contributed by atoms with Crippen molar-refractivity contribution >= 4 is 16.2 Å². The average molecular weight is 370 g/mol. The van der Waals surface area contributed by atoms with E-state index in [1.807, 2.05) is 13.0 Å². The zero-order valence-corrected chi connectivity index (χ0v) is 17.8. The SMILES string of the molecule is CC1=[C-]CC=C1.C[C](C)=[Ti+].Cc1cc(O)cc(C(C)(C)C)c1.Cl. The van der Waals surface area contributed by atoms with Crippen molar-refractivity contribution in [3.05, 3.63) is 53.1 Å². The number of benzene rings is 1. The van der Waals surface area contributed by atoms with E-state index in [9.17, 15) is 5.11 Å². The van der Waals surface area contributed by atoms with Crippen molar-refractivity contribution in [3.8, 4) is 5.75 Å². The molecule has 0 saturated heterocycles. The normalized spacial score (nSPS) is 12.1. The van der Waals surface area contributed by atoms with Gasteiger partial charge in [0.15, 0.2) is 0 Å². The fourth-order valence-corrected chi connectivity index (χ4v) is 1.71. The number of phenolic OH excluding ortho intramolecular Hbond substituents is 1. The molecule has 1 aliphatic carbocycles. The van der Waals surface area contributed by atoms with Crippen LogP contribution in [0.4, 0.5) is 0 Å². The van der Waals surface area contributed by atoms with Crippen LogP contribution in [0.25, 0.3) is 0 Å². The van der Waals surface area contributed by atoms with Gasteiger partial charge in [0.2, 0.25) is 0 Å². The second kappa shape index (κ2) is 11.8. The van der Waals surface area contributed by atoms with Gasteiger partial charge in [-0.3, -0.25) is 6.08 Å². The second-order valence-corrected chi connectivity index (χ2v) is 8.34. The number of aryl methyl sites for hydroxylation is 1. The Balaban J connectivity index is 0. The third-order valence-electron chi connectivity index (χ3n) is 2.79. The van der Waals surface area contributed by atoms with Gasteiger partial charge < -0.3 is 5.11 Å². The molecule has 0 spiro atoms. The maximum atomic E-state index is 9.36. The van der Waals surface area contributed by atoms with Crippen LogP contribution in [0.3, 0.4) is 0 Å². The summed E-state index contributed by atoms with van der Waals surface area (Å²) < 4.78 is 1.42. The Labute approximate surface area is 160 Å². The van der Waals surface area contributed by atoms with Crippen LogP contribution < -0.4 is 0 Å². The minimum absolute atomic E-state index is 0. The van der Waals surface area contributed by atoms with Crippen LogP contribution in [0.2, 0.25) is 0 Å². The minimum Gasteiger partial charge on any atom is -0.508 e. The van der Waals surface area contributed by atoms with Crippen molar-refractivity contribution < 1.29 is 25.1 Å². The van der Waals surface area contributed by atoms with Crippen molar-refractivity contribution in [2.24, 2.45) is 0 Å². The molecule has 0 aliphatic heterocycles. The maximum absolute atomic E-state index is 9.36. The molecule has 0 unspecified atom stereocenters. The van der Waals surface area contributed by atoms with Crippen molar-refractivity contribution in [1.29, 1.82) is 0 Å². The number of hydrogen-bond donors (Lipinski definition) is 1. The van der Waals surface area contributed by atoms with Crippen LogP contribution in [-0.2, 0) is 25.4 Å². The van der Waals surface area contributed by atoms with Gasteiger partial charge in [0.05, 0.1) is 0 Å². The summed E-state index contributed by atoms with van der Waals surface area (Å²) in [5.74, 6) is 0.361. The number of allylic oxidation sites excluding steroid dienone is 4. The zero-order valence-electron chi connectivity index (χ0n) is 15.4. The number of phenols is 1. The first-order valence-corrected chi connectivity index (χ1v) is 8.37. The average Bonchev–Trinajstić information content (AvgIpc) is 2.78. The number of halogens is 1. The van der Waals surface area contributed by atoms with E-state index in [1.54, 1.807) is 6.07 Å². The predicted octanol–water partition coefficient (Wildman–Crippen LogP) is 5.86. The molecule has 0 atom stereocenters. The molecule has 0 radical (unpaired) electrons. The zero-order chi connectivity index (χ0) is 17.3. The summed E-state index contributed by atoms with van der Waals surface area (Å²) in [4.78, 5) is 0. The first-order chi connectivity index (χ1) is 10.0. The molecule has 0 amide bonds. The van der Waals surface area contributed by atoms with E-state index in [0.29, 0.717) is 5.75 Å². The minimum atomic E-state index is 0. The first kappa shape index (κ1) is 24.6. The molecule has 127 valence electrons. The van der Waals surface area contributed by atoms with Crippen LogP contribution in [0.15, 0.2) is 35.9 Å². The van der Waals surface area contributed by atoms with Gasteiger partial charge in [-0.2, -0.15) is 6.08 Å². The Morgan fingerprint density at radius 2 is 1.65 bits per heavy atom. The van der Waals surface area contributed by atoms with Crippen molar-refractivity contribution in [2.75, 3.05) is 0 Å². The standard InChI is InChI=1S/C11H16O.C6H7.C3H6.ClH.Ti/c1-8-5-9(11(2,3)4)7-10(12)6-8;1-6-4-2-3-5-6;1-3-2;;/h5-7,12H,1-4H3;2,4H,3H2,1H3;1-2H3;1H;/q;-1;;;+1. The molecule has 0 heterocycles. The number of hydrogen-bond acceptors (Lipinski definition) is 1. The topological polar surface area (TPSA) is 20.2 Å². The summed E-state index contributed by atoms with van der Waals surface area (Å²) in [7, 11) is 0. The Morgan fingerprint density at radius 3 is 1.91 bits per heavy atom. The molecule has 0 fully saturated rings. The van der Waals surface area contributed by atoms with Gasteiger partial charge in [-0.15, -0.1) is 18.8 Å². The van der Waals surface area contributed by atoms with E-state index in [-0.39, 0.29) is 17.8 Å². The summed E-state index contributed by atoms with van der Waals surface area (Å²) >= 11 is 2.08. The Hall–Kier alpha value is -0.626. The van der Waals surface area contributed by atoms with Gasteiger partial charge in [0.25, 0.3) is 0 Å². The maximum Gasteiger partial charge on any atom is 0.116 e. The number of rotatable bonds is 0. The number of aromatic hydroxyl groups is 1. The first-order valence-electron chi connectivity index (χ1n) is 7.59. The smallest absolute Gasteiger partial charge is 0.116 e. The van der Waals surface area contributed by atoms with Crippen LogP contribution in [0, 0.1) is 13.0 Å². The van der Waals surface area contributed by atoms with Crippen molar-refractivity contribution in [1.82, 2.24) is 0 Å². The molecule has 1 aromatic carbocycles. The molecule has 23 heavy (non-hydrogen) atoms. The molecule has 2 rings (SSSR count). The molecule has 3 heteroatoms. The largest absolute Gasteiger partial charge is 0.508 e. The predicted molar refractivity (Wildman–Crippen MR) is 101 cm³/mol. The quantitative estimate of drug-likeness (QED) is 0.448. The molecule has 0 aromatic heterocycles. The van der Waals surface area contributed by atoms with Gasteiger partial charge in [-0.1, -0.05) is 33.8 Å². The fraction of sp³-hybridized carbons (Fsp3) is 0.450. The summed E-state index contributed by atoms with van der Waals surface area (Å²) in [6, 6.07) is 5.71. The van der Waals surface area contributed by atoms with Gasteiger partial charge in [-0.05, 0) is 35.6 Å². The van der Waals surface area contributed by atoms with E-state index < -0.39 is 0 Å². The molecule has 1 aliphatic rings. The molecule has 1 nitrogen and oxygen atoms in total. The van der Waals surface area contributed by atoms with E-state index in [2.05, 4.69) is 85.8 Å². The van der Waals surface area contributed by atoms with Gasteiger partial charge in [0, 0.05) is 0 Å². The molecular weight excluding hydrogens is 340 g/mol. The molecule has 1 aromatic rings. The Bertz CT molecular complexity index is 524. The second-order valence-electron chi connectivity index (χ2n) is 6.77. The van der Waals surface area contributed by atoms with E-state index >= 15 is 0 Å².